The van der Waals surface area contributed by atoms with Gasteiger partial charge >= 0.3 is 0 Å². The first-order chi connectivity index (χ1) is 8.00. The van der Waals surface area contributed by atoms with Gasteiger partial charge in [-0.2, -0.15) is 0 Å². The highest BCUT2D eigenvalue weighted by atomic mass is 14.8. The van der Waals surface area contributed by atoms with Crippen molar-refractivity contribution in [3.05, 3.63) is 65.0 Å². The SMILES string of the molecule is Cc1ccc(C(C)(N)c2ccc(C)nc2)cc1. The summed E-state index contributed by atoms with van der Waals surface area (Å²) in [6.45, 7) is 6.07. The van der Waals surface area contributed by atoms with E-state index in [1.54, 1.807) is 0 Å². The highest BCUT2D eigenvalue weighted by Gasteiger charge is 2.23. The molecule has 0 saturated carbocycles. The Bertz CT molecular complexity index is 448. The van der Waals surface area contributed by atoms with Crippen LogP contribution in [-0.4, -0.2) is 4.98 Å². The minimum absolute atomic E-state index is 0.492. The number of aryl methyl sites for hydroxylation is 2. The van der Waals surface area contributed by atoms with Crippen molar-refractivity contribution in [2.24, 2.45) is 5.73 Å². The number of aromatic nitrogens is 1. The van der Waals surface area contributed by atoms with Crippen molar-refractivity contribution in [2.45, 2.75) is 26.3 Å². The zero-order valence-corrected chi connectivity index (χ0v) is 10.6. The predicted octanol–water partition coefficient (Wildman–Crippen LogP) is 2.92. The molecule has 2 aromatic rings. The van der Waals surface area contributed by atoms with Crippen LogP contribution in [0.15, 0.2) is 42.6 Å². The second-order valence-electron chi connectivity index (χ2n) is 4.76. The van der Waals surface area contributed by atoms with Crippen molar-refractivity contribution in [3.8, 4) is 0 Å². The van der Waals surface area contributed by atoms with E-state index in [-0.39, 0.29) is 0 Å². The molecular formula is C15H18N2. The van der Waals surface area contributed by atoms with Crippen LogP contribution in [0.2, 0.25) is 0 Å². The van der Waals surface area contributed by atoms with Gasteiger partial charge in [-0.3, -0.25) is 4.98 Å². The Kier molecular flexibility index (Phi) is 2.99. The molecule has 2 heteroatoms. The van der Waals surface area contributed by atoms with E-state index in [4.69, 9.17) is 5.73 Å². The van der Waals surface area contributed by atoms with Gasteiger partial charge in [0.1, 0.15) is 0 Å². The normalized spacial score (nSPS) is 14.4. The van der Waals surface area contributed by atoms with Gasteiger partial charge < -0.3 is 5.73 Å². The van der Waals surface area contributed by atoms with E-state index < -0.39 is 5.54 Å². The zero-order chi connectivity index (χ0) is 12.5. The Balaban J connectivity index is 2.41. The zero-order valence-electron chi connectivity index (χ0n) is 10.6. The molecule has 0 spiro atoms. The summed E-state index contributed by atoms with van der Waals surface area (Å²) in [5.74, 6) is 0. The van der Waals surface area contributed by atoms with Gasteiger partial charge in [0.25, 0.3) is 0 Å². The average molecular weight is 226 g/mol. The molecule has 0 bridgehead atoms. The Morgan fingerprint density at radius 2 is 1.53 bits per heavy atom. The van der Waals surface area contributed by atoms with Gasteiger partial charge in [-0.15, -0.1) is 0 Å². The summed E-state index contributed by atoms with van der Waals surface area (Å²) < 4.78 is 0. The second kappa shape index (κ2) is 4.30. The van der Waals surface area contributed by atoms with Crippen molar-refractivity contribution in [3.63, 3.8) is 0 Å². The van der Waals surface area contributed by atoms with Crippen LogP contribution in [0.1, 0.15) is 29.3 Å². The predicted molar refractivity (Wildman–Crippen MR) is 70.8 cm³/mol. The molecule has 0 radical (unpaired) electrons. The molecule has 0 aliphatic carbocycles. The molecule has 2 N–H and O–H groups in total. The van der Waals surface area contributed by atoms with E-state index in [1.807, 2.05) is 32.2 Å². The van der Waals surface area contributed by atoms with Crippen molar-refractivity contribution in [2.75, 3.05) is 0 Å². The van der Waals surface area contributed by atoms with E-state index >= 15 is 0 Å². The number of nitrogens with two attached hydrogens (primary N) is 1. The maximum Gasteiger partial charge on any atom is 0.0652 e. The molecule has 0 saturated heterocycles. The molecule has 0 aliphatic rings. The van der Waals surface area contributed by atoms with Gasteiger partial charge in [-0.25, -0.2) is 0 Å². The first kappa shape index (κ1) is 11.8. The van der Waals surface area contributed by atoms with Crippen LogP contribution in [-0.2, 0) is 5.54 Å². The van der Waals surface area contributed by atoms with Crippen molar-refractivity contribution in [1.82, 2.24) is 4.98 Å². The molecule has 1 atom stereocenters. The maximum atomic E-state index is 6.42. The Hall–Kier alpha value is -1.67. The van der Waals surface area contributed by atoms with Crippen LogP contribution in [0.25, 0.3) is 0 Å². The Labute approximate surface area is 103 Å². The van der Waals surface area contributed by atoms with E-state index in [9.17, 15) is 0 Å². The Morgan fingerprint density at radius 1 is 0.941 bits per heavy atom. The van der Waals surface area contributed by atoms with Crippen molar-refractivity contribution < 1.29 is 0 Å². The third-order valence-electron chi connectivity index (χ3n) is 3.16. The standard InChI is InChI=1S/C15H18N2/c1-11-4-7-13(8-5-11)15(3,16)14-9-6-12(2)17-10-14/h4-10H,16H2,1-3H3. The quantitative estimate of drug-likeness (QED) is 0.855. The summed E-state index contributed by atoms with van der Waals surface area (Å²) in [6, 6.07) is 12.4. The molecule has 0 amide bonds. The molecule has 1 aromatic heterocycles. The average Bonchev–Trinajstić information content (AvgIpc) is 2.30. The number of benzene rings is 1. The summed E-state index contributed by atoms with van der Waals surface area (Å²) in [5.41, 5.74) is 10.3. The maximum absolute atomic E-state index is 6.42. The summed E-state index contributed by atoms with van der Waals surface area (Å²) >= 11 is 0. The molecule has 88 valence electrons. The van der Waals surface area contributed by atoms with Crippen LogP contribution in [0.4, 0.5) is 0 Å². The van der Waals surface area contributed by atoms with Crippen LogP contribution in [0, 0.1) is 13.8 Å². The molecule has 2 rings (SSSR count). The third kappa shape index (κ3) is 2.37. The van der Waals surface area contributed by atoms with E-state index in [1.165, 1.54) is 5.56 Å². The number of hydrogen-bond donors (Lipinski definition) is 1. The smallest absolute Gasteiger partial charge is 0.0652 e. The lowest BCUT2D eigenvalue weighted by Crippen LogP contribution is -2.34. The van der Waals surface area contributed by atoms with Crippen LogP contribution < -0.4 is 5.73 Å². The van der Waals surface area contributed by atoms with Crippen LogP contribution in [0.5, 0.6) is 0 Å². The highest BCUT2D eigenvalue weighted by molar-refractivity contribution is 5.37. The van der Waals surface area contributed by atoms with Crippen molar-refractivity contribution in [1.29, 1.82) is 0 Å². The monoisotopic (exact) mass is 226 g/mol. The number of pyridine rings is 1. The molecule has 1 heterocycles. The summed E-state index contributed by atoms with van der Waals surface area (Å²) in [6.07, 6.45) is 1.86. The van der Waals surface area contributed by atoms with Gasteiger partial charge in [0.2, 0.25) is 0 Å². The molecule has 2 nitrogen and oxygen atoms in total. The number of rotatable bonds is 2. The van der Waals surface area contributed by atoms with Crippen LogP contribution in [0.3, 0.4) is 0 Å². The molecule has 0 fully saturated rings. The molecule has 1 unspecified atom stereocenters. The molecule has 17 heavy (non-hydrogen) atoms. The molecule has 1 aromatic carbocycles. The lowest BCUT2D eigenvalue weighted by atomic mass is 9.86. The Morgan fingerprint density at radius 3 is 2.06 bits per heavy atom. The minimum Gasteiger partial charge on any atom is -0.318 e. The van der Waals surface area contributed by atoms with Gasteiger partial charge in [-0.1, -0.05) is 35.9 Å². The summed E-state index contributed by atoms with van der Waals surface area (Å²) in [5, 5.41) is 0. The largest absolute Gasteiger partial charge is 0.318 e. The fourth-order valence-corrected chi connectivity index (χ4v) is 1.84. The fraction of sp³-hybridized carbons (Fsp3) is 0.267. The van der Waals surface area contributed by atoms with Crippen molar-refractivity contribution >= 4 is 0 Å². The summed E-state index contributed by atoms with van der Waals surface area (Å²) in [4.78, 5) is 4.31. The van der Waals surface area contributed by atoms with E-state index in [2.05, 4.69) is 36.2 Å². The van der Waals surface area contributed by atoms with E-state index in [0.29, 0.717) is 0 Å². The van der Waals surface area contributed by atoms with Crippen LogP contribution >= 0.6 is 0 Å². The third-order valence-corrected chi connectivity index (χ3v) is 3.16. The highest BCUT2D eigenvalue weighted by Crippen LogP contribution is 2.26. The lowest BCUT2D eigenvalue weighted by molar-refractivity contribution is 0.599. The first-order valence-corrected chi connectivity index (χ1v) is 5.79. The van der Waals surface area contributed by atoms with Gasteiger partial charge in [0.05, 0.1) is 5.54 Å². The number of nitrogens with zero attached hydrogens (tertiary/aromatic N) is 1. The topological polar surface area (TPSA) is 38.9 Å². The van der Waals surface area contributed by atoms with E-state index in [0.717, 1.165) is 16.8 Å². The number of hydrogen-bond acceptors (Lipinski definition) is 2. The summed E-state index contributed by atoms with van der Waals surface area (Å²) in [7, 11) is 0. The fourth-order valence-electron chi connectivity index (χ4n) is 1.84. The minimum atomic E-state index is -0.492. The second-order valence-corrected chi connectivity index (χ2v) is 4.76. The van der Waals surface area contributed by atoms with Gasteiger partial charge in [0.15, 0.2) is 0 Å². The first-order valence-electron chi connectivity index (χ1n) is 5.79. The lowest BCUT2D eigenvalue weighted by Gasteiger charge is -2.25. The van der Waals surface area contributed by atoms with Gasteiger partial charge in [0, 0.05) is 11.9 Å². The molecular weight excluding hydrogens is 208 g/mol. The van der Waals surface area contributed by atoms with Gasteiger partial charge in [-0.05, 0) is 38.0 Å². The molecule has 0 aliphatic heterocycles.